The Bertz CT molecular complexity index is 606. The second-order valence-electron chi connectivity index (χ2n) is 5.62. The molecule has 1 aromatic carbocycles. The van der Waals surface area contributed by atoms with Crippen molar-refractivity contribution in [3.63, 3.8) is 0 Å². The number of carbonyl (C=O) groups is 1. The number of nitrogens with one attached hydrogen (secondary N) is 1. The van der Waals surface area contributed by atoms with Gasteiger partial charge in [0.1, 0.15) is 11.6 Å². The Morgan fingerprint density at radius 2 is 2.20 bits per heavy atom. The smallest absolute Gasteiger partial charge is 0.258 e. The van der Waals surface area contributed by atoms with Crippen LogP contribution in [-0.4, -0.2) is 18.1 Å². The topological polar surface area (TPSA) is 62.1 Å². The summed E-state index contributed by atoms with van der Waals surface area (Å²) in [7, 11) is 0. The number of ether oxygens (including phenoxy) is 1. The molecule has 4 rings (SSSR count). The van der Waals surface area contributed by atoms with E-state index in [1.807, 2.05) is 0 Å². The number of hydrogen-bond donors (Lipinski definition) is 1. The minimum Gasteiger partial charge on any atom is -0.484 e. The monoisotopic (exact) mass is 294 g/mol. The van der Waals surface area contributed by atoms with E-state index < -0.39 is 5.82 Å². The number of rotatable bonds is 4. The first kappa shape index (κ1) is 13.2. The van der Waals surface area contributed by atoms with E-state index in [1.165, 1.54) is 12.1 Å². The van der Waals surface area contributed by atoms with Crippen LogP contribution in [0, 0.1) is 22.6 Å². The number of nitriles is 1. The van der Waals surface area contributed by atoms with E-state index in [2.05, 4.69) is 11.4 Å². The molecule has 104 valence electrons. The van der Waals surface area contributed by atoms with Crippen molar-refractivity contribution in [1.82, 2.24) is 5.32 Å². The Hall–Kier alpha value is -1.80. The van der Waals surface area contributed by atoms with E-state index in [4.69, 9.17) is 21.6 Å². The quantitative estimate of drug-likeness (QED) is 0.927. The Kier molecular flexibility index (Phi) is 2.87. The lowest BCUT2D eigenvalue weighted by Crippen LogP contribution is -2.74. The molecule has 3 aliphatic carbocycles. The van der Waals surface area contributed by atoms with Gasteiger partial charge < -0.3 is 10.1 Å². The van der Waals surface area contributed by atoms with Crippen LogP contribution < -0.4 is 10.1 Å². The zero-order valence-electron chi connectivity index (χ0n) is 10.6. The van der Waals surface area contributed by atoms with Crippen molar-refractivity contribution >= 4 is 17.5 Å². The lowest BCUT2D eigenvalue weighted by Gasteiger charge is -2.66. The van der Waals surface area contributed by atoms with Crippen LogP contribution in [0.5, 0.6) is 5.75 Å². The van der Waals surface area contributed by atoms with Crippen LogP contribution in [0.2, 0.25) is 5.02 Å². The Morgan fingerprint density at radius 3 is 2.80 bits per heavy atom. The summed E-state index contributed by atoms with van der Waals surface area (Å²) < 4.78 is 18.4. The van der Waals surface area contributed by atoms with Crippen molar-refractivity contribution in [2.75, 3.05) is 6.61 Å². The number of amides is 1. The van der Waals surface area contributed by atoms with E-state index >= 15 is 0 Å². The van der Waals surface area contributed by atoms with Crippen molar-refractivity contribution < 1.29 is 13.9 Å². The summed E-state index contributed by atoms with van der Waals surface area (Å²) in [6.07, 6.45) is 2.16. The molecule has 0 atom stereocenters. The summed E-state index contributed by atoms with van der Waals surface area (Å²) >= 11 is 5.55. The first-order chi connectivity index (χ1) is 9.46. The fourth-order valence-corrected chi connectivity index (χ4v) is 3.20. The highest BCUT2D eigenvalue weighted by molar-refractivity contribution is 6.30. The van der Waals surface area contributed by atoms with Gasteiger partial charge >= 0.3 is 0 Å². The number of benzene rings is 1. The van der Waals surface area contributed by atoms with Gasteiger partial charge in [-0.2, -0.15) is 5.26 Å². The molecule has 1 amide bonds. The highest BCUT2D eigenvalue weighted by Crippen LogP contribution is 2.66. The second kappa shape index (κ2) is 4.35. The molecule has 0 saturated heterocycles. The molecule has 1 N–H and O–H groups in total. The molecular formula is C14H12ClFN2O2. The van der Waals surface area contributed by atoms with Crippen LogP contribution in [0.4, 0.5) is 4.39 Å². The average molecular weight is 295 g/mol. The molecule has 3 saturated carbocycles. The van der Waals surface area contributed by atoms with Gasteiger partial charge in [-0.25, -0.2) is 4.39 Å². The summed E-state index contributed by atoms with van der Waals surface area (Å²) in [5.74, 6) is -0.584. The minimum atomic E-state index is -0.583. The molecule has 2 bridgehead atoms. The van der Waals surface area contributed by atoms with Crippen LogP contribution in [0.15, 0.2) is 18.2 Å². The maximum absolute atomic E-state index is 13.2. The Morgan fingerprint density at radius 1 is 1.50 bits per heavy atom. The Labute approximate surface area is 120 Å². The SMILES string of the molecule is N#CC12CC(NC(=O)COc3ccc(Cl)c(F)c3)(C1)C2. The number of nitrogens with zero attached hydrogens (tertiary/aromatic N) is 1. The van der Waals surface area contributed by atoms with Crippen LogP contribution in [0.25, 0.3) is 0 Å². The van der Waals surface area contributed by atoms with Gasteiger partial charge in [0.25, 0.3) is 5.91 Å². The summed E-state index contributed by atoms with van der Waals surface area (Å²) in [4.78, 5) is 11.8. The predicted octanol–water partition coefficient (Wildman–Crippen LogP) is 2.42. The minimum absolute atomic E-state index is 0.0115. The molecule has 3 fully saturated rings. The van der Waals surface area contributed by atoms with Crippen molar-refractivity contribution in [1.29, 1.82) is 5.26 Å². The molecule has 0 aromatic heterocycles. The zero-order chi connectivity index (χ0) is 14.4. The molecule has 0 spiro atoms. The maximum Gasteiger partial charge on any atom is 0.258 e. The molecule has 3 aliphatic rings. The molecule has 6 heteroatoms. The van der Waals surface area contributed by atoms with E-state index in [0.29, 0.717) is 0 Å². The van der Waals surface area contributed by atoms with Gasteiger partial charge in [0.2, 0.25) is 0 Å². The van der Waals surface area contributed by atoms with Gasteiger partial charge in [0, 0.05) is 11.6 Å². The fraction of sp³-hybridized carbons (Fsp3) is 0.429. The fourth-order valence-electron chi connectivity index (χ4n) is 3.09. The van der Waals surface area contributed by atoms with Crippen molar-refractivity contribution in [2.24, 2.45) is 5.41 Å². The lowest BCUT2D eigenvalue weighted by atomic mass is 9.40. The number of halogens is 2. The van der Waals surface area contributed by atoms with Gasteiger partial charge in [0.15, 0.2) is 6.61 Å². The Balaban J connectivity index is 1.49. The van der Waals surface area contributed by atoms with Crippen LogP contribution in [0.3, 0.4) is 0 Å². The molecule has 1 aromatic rings. The number of hydrogen-bond acceptors (Lipinski definition) is 3. The van der Waals surface area contributed by atoms with Gasteiger partial charge in [-0.1, -0.05) is 11.6 Å². The van der Waals surface area contributed by atoms with Crippen molar-refractivity contribution in [3.05, 3.63) is 29.0 Å². The van der Waals surface area contributed by atoms with Gasteiger partial charge in [-0.05, 0) is 31.4 Å². The molecule has 0 unspecified atom stereocenters. The van der Waals surface area contributed by atoms with Gasteiger partial charge in [-0.3, -0.25) is 4.79 Å². The van der Waals surface area contributed by atoms with Crippen molar-refractivity contribution in [3.8, 4) is 11.8 Å². The first-order valence-corrected chi connectivity index (χ1v) is 6.64. The third-order valence-electron chi connectivity index (χ3n) is 3.93. The van der Waals surface area contributed by atoms with Gasteiger partial charge in [-0.15, -0.1) is 0 Å². The predicted molar refractivity (Wildman–Crippen MR) is 69.7 cm³/mol. The standard InChI is InChI=1S/C14H12ClFN2O2/c15-10-2-1-9(3-11(10)16)20-4-12(19)18-14-5-13(6-14,7-14)8-17/h1-3H,4-7H2,(H,18,19). The highest BCUT2D eigenvalue weighted by atomic mass is 35.5. The van der Waals surface area contributed by atoms with Crippen LogP contribution >= 0.6 is 11.6 Å². The lowest BCUT2D eigenvalue weighted by molar-refractivity contribution is -0.145. The average Bonchev–Trinajstić information content (AvgIpc) is 2.33. The van der Waals surface area contributed by atoms with E-state index in [-0.39, 0.29) is 34.2 Å². The largest absolute Gasteiger partial charge is 0.484 e. The summed E-state index contributed by atoms with van der Waals surface area (Å²) in [5, 5.41) is 11.8. The number of carbonyl (C=O) groups excluding carboxylic acids is 1. The first-order valence-electron chi connectivity index (χ1n) is 6.26. The van der Waals surface area contributed by atoms with Gasteiger partial charge in [0.05, 0.1) is 16.5 Å². The molecule has 4 nitrogen and oxygen atoms in total. The van der Waals surface area contributed by atoms with E-state index in [1.54, 1.807) is 0 Å². The molecule has 0 aliphatic heterocycles. The van der Waals surface area contributed by atoms with Crippen LogP contribution in [0.1, 0.15) is 19.3 Å². The third kappa shape index (κ3) is 2.10. The summed E-state index contributed by atoms with van der Waals surface area (Å²) in [6.45, 7) is -0.178. The zero-order valence-corrected chi connectivity index (χ0v) is 11.3. The molecule has 0 heterocycles. The molecule has 20 heavy (non-hydrogen) atoms. The molecular weight excluding hydrogens is 283 g/mol. The normalized spacial score (nSPS) is 29.6. The van der Waals surface area contributed by atoms with E-state index in [0.717, 1.165) is 25.3 Å². The van der Waals surface area contributed by atoms with Crippen molar-refractivity contribution in [2.45, 2.75) is 24.8 Å². The molecule has 0 radical (unpaired) electrons. The summed E-state index contributed by atoms with van der Waals surface area (Å²) in [6, 6.07) is 6.30. The van der Waals surface area contributed by atoms with E-state index in [9.17, 15) is 9.18 Å². The van der Waals surface area contributed by atoms with Crippen LogP contribution in [-0.2, 0) is 4.79 Å². The third-order valence-corrected chi connectivity index (χ3v) is 4.24. The summed E-state index contributed by atoms with van der Waals surface area (Å²) in [5.41, 5.74) is -0.408. The maximum atomic E-state index is 13.2. The second-order valence-corrected chi connectivity index (χ2v) is 6.02. The highest BCUT2D eigenvalue weighted by Gasteiger charge is 2.69.